The van der Waals surface area contributed by atoms with Crippen molar-refractivity contribution in [2.24, 2.45) is 0 Å². The molecule has 66 valence electrons. The van der Waals surface area contributed by atoms with E-state index in [0.29, 0.717) is 14.6 Å². The van der Waals surface area contributed by atoms with Crippen LogP contribution in [0.3, 0.4) is 0 Å². The fourth-order valence-corrected chi connectivity index (χ4v) is 1.85. The standard InChI is InChI=1S/C6H3BrN4OS/c7-6-11-10-5(13-6)3-1-2-4(12)9-8-3/h1-2H,(H,9,12). The first kappa shape index (κ1) is 8.52. The molecule has 0 aliphatic heterocycles. The number of hydrogen-bond donors (Lipinski definition) is 1. The molecule has 0 bridgehead atoms. The van der Waals surface area contributed by atoms with Gasteiger partial charge in [-0.2, -0.15) is 5.10 Å². The van der Waals surface area contributed by atoms with Crippen molar-refractivity contribution >= 4 is 27.3 Å². The quantitative estimate of drug-likeness (QED) is 0.830. The van der Waals surface area contributed by atoms with Gasteiger partial charge < -0.3 is 0 Å². The number of H-pyrrole nitrogens is 1. The maximum Gasteiger partial charge on any atom is 0.264 e. The van der Waals surface area contributed by atoms with Gasteiger partial charge in [-0.05, 0) is 22.0 Å². The van der Waals surface area contributed by atoms with Crippen molar-refractivity contribution in [2.75, 3.05) is 0 Å². The molecule has 0 radical (unpaired) electrons. The third-order valence-electron chi connectivity index (χ3n) is 1.30. The Morgan fingerprint density at radius 1 is 1.38 bits per heavy atom. The number of aromatic nitrogens is 4. The molecule has 1 N–H and O–H groups in total. The van der Waals surface area contributed by atoms with Gasteiger partial charge in [0, 0.05) is 6.07 Å². The summed E-state index contributed by atoms with van der Waals surface area (Å²) in [7, 11) is 0. The Balaban J connectivity index is 2.47. The first-order valence-electron chi connectivity index (χ1n) is 3.31. The third-order valence-corrected chi connectivity index (χ3v) is 2.68. The molecule has 0 aliphatic rings. The zero-order chi connectivity index (χ0) is 9.26. The molecule has 0 spiro atoms. The van der Waals surface area contributed by atoms with Gasteiger partial charge >= 0.3 is 0 Å². The molecular weight excluding hydrogens is 256 g/mol. The van der Waals surface area contributed by atoms with E-state index in [4.69, 9.17) is 0 Å². The van der Waals surface area contributed by atoms with E-state index in [1.54, 1.807) is 6.07 Å². The number of nitrogens with zero attached hydrogens (tertiary/aromatic N) is 3. The van der Waals surface area contributed by atoms with Crippen molar-refractivity contribution in [1.29, 1.82) is 0 Å². The Labute approximate surface area is 85.0 Å². The Morgan fingerprint density at radius 3 is 2.77 bits per heavy atom. The van der Waals surface area contributed by atoms with Crippen molar-refractivity contribution in [1.82, 2.24) is 20.4 Å². The SMILES string of the molecule is O=c1ccc(-c2nnc(Br)s2)n[nH]1. The third kappa shape index (κ3) is 1.81. The van der Waals surface area contributed by atoms with E-state index in [2.05, 4.69) is 36.3 Å². The van der Waals surface area contributed by atoms with Gasteiger partial charge in [0.1, 0.15) is 5.69 Å². The van der Waals surface area contributed by atoms with Crippen LogP contribution in [0.25, 0.3) is 10.7 Å². The van der Waals surface area contributed by atoms with Crippen molar-refractivity contribution in [2.45, 2.75) is 0 Å². The summed E-state index contributed by atoms with van der Waals surface area (Å²) in [6.07, 6.45) is 0. The predicted molar refractivity (Wildman–Crippen MR) is 51.5 cm³/mol. The lowest BCUT2D eigenvalue weighted by atomic mass is 10.4. The molecule has 0 saturated carbocycles. The molecule has 2 aromatic rings. The van der Waals surface area contributed by atoms with Crippen LogP contribution in [0.1, 0.15) is 0 Å². The maximum absolute atomic E-state index is 10.7. The van der Waals surface area contributed by atoms with Crippen LogP contribution in [0.2, 0.25) is 0 Å². The monoisotopic (exact) mass is 258 g/mol. The van der Waals surface area contributed by atoms with E-state index in [1.807, 2.05) is 0 Å². The predicted octanol–water partition coefficient (Wildman–Crippen LogP) is 1.05. The summed E-state index contributed by atoms with van der Waals surface area (Å²) in [4.78, 5) is 10.7. The van der Waals surface area contributed by atoms with Gasteiger partial charge in [-0.3, -0.25) is 4.79 Å². The van der Waals surface area contributed by atoms with Crippen LogP contribution >= 0.6 is 27.3 Å². The summed E-state index contributed by atoms with van der Waals surface area (Å²) in [5, 5.41) is 14.4. The second kappa shape index (κ2) is 3.35. The lowest BCUT2D eigenvalue weighted by molar-refractivity contribution is 0.981. The first-order valence-corrected chi connectivity index (χ1v) is 4.92. The van der Waals surface area contributed by atoms with Crippen molar-refractivity contribution < 1.29 is 0 Å². The summed E-state index contributed by atoms with van der Waals surface area (Å²) in [6.45, 7) is 0. The highest BCUT2D eigenvalue weighted by molar-refractivity contribution is 9.11. The molecule has 0 fully saturated rings. The van der Waals surface area contributed by atoms with Crippen LogP contribution in [0.15, 0.2) is 20.8 Å². The highest BCUT2D eigenvalue weighted by Gasteiger charge is 2.05. The molecule has 2 heterocycles. The van der Waals surface area contributed by atoms with Gasteiger partial charge in [0.25, 0.3) is 5.56 Å². The summed E-state index contributed by atoms with van der Waals surface area (Å²) in [6, 6.07) is 3.00. The van der Waals surface area contributed by atoms with Gasteiger partial charge in [-0.25, -0.2) is 5.10 Å². The minimum Gasteiger partial charge on any atom is -0.268 e. The van der Waals surface area contributed by atoms with Gasteiger partial charge in [0.15, 0.2) is 8.92 Å². The number of halogens is 1. The van der Waals surface area contributed by atoms with Crippen molar-refractivity contribution in [3.63, 3.8) is 0 Å². The Bertz CT molecular complexity index is 459. The summed E-state index contributed by atoms with van der Waals surface area (Å²) >= 11 is 4.55. The van der Waals surface area contributed by atoms with Crippen LogP contribution in [0.4, 0.5) is 0 Å². The Kier molecular flexibility index (Phi) is 2.19. The van der Waals surface area contributed by atoms with Gasteiger partial charge in [0.2, 0.25) is 0 Å². The molecule has 5 nitrogen and oxygen atoms in total. The van der Waals surface area contributed by atoms with Crippen molar-refractivity contribution in [3.05, 3.63) is 26.4 Å². The van der Waals surface area contributed by atoms with Gasteiger partial charge in [-0.15, -0.1) is 10.2 Å². The fraction of sp³-hybridized carbons (Fsp3) is 0. The van der Waals surface area contributed by atoms with Crippen LogP contribution in [0.5, 0.6) is 0 Å². The Morgan fingerprint density at radius 2 is 2.23 bits per heavy atom. The van der Waals surface area contributed by atoms with Crippen LogP contribution in [-0.4, -0.2) is 20.4 Å². The van der Waals surface area contributed by atoms with E-state index in [9.17, 15) is 4.79 Å². The minimum atomic E-state index is -0.229. The maximum atomic E-state index is 10.7. The second-order valence-electron chi connectivity index (χ2n) is 2.17. The molecule has 7 heteroatoms. The van der Waals surface area contributed by atoms with E-state index in [1.165, 1.54) is 17.4 Å². The molecule has 0 aliphatic carbocycles. The minimum absolute atomic E-state index is 0.229. The molecule has 0 aromatic carbocycles. The average molecular weight is 259 g/mol. The van der Waals surface area contributed by atoms with Crippen LogP contribution in [0, 0.1) is 0 Å². The Hall–Kier alpha value is -1.08. The molecule has 0 saturated heterocycles. The molecule has 0 unspecified atom stereocenters. The largest absolute Gasteiger partial charge is 0.268 e. The number of nitrogens with one attached hydrogen (secondary N) is 1. The lowest BCUT2D eigenvalue weighted by Crippen LogP contribution is -2.05. The zero-order valence-electron chi connectivity index (χ0n) is 6.19. The van der Waals surface area contributed by atoms with E-state index < -0.39 is 0 Å². The number of rotatable bonds is 1. The normalized spacial score (nSPS) is 10.2. The average Bonchev–Trinajstić information content (AvgIpc) is 2.53. The zero-order valence-corrected chi connectivity index (χ0v) is 8.59. The first-order chi connectivity index (χ1) is 6.25. The molecule has 0 atom stereocenters. The highest BCUT2D eigenvalue weighted by atomic mass is 79.9. The summed E-state index contributed by atoms with van der Waals surface area (Å²) < 4.78 is 0.690. The number of aromatic amines is 1. The fourth-order valence-electron chi connectivity index (χ4n) is 0.772. The smallest absolute Gasteiger partial charge is 0.264 e. The number of hydrogen-bond acceptors (Lipinski definition) is 5. The van der Waals surface area contributed by atoms with Gasteiger partial charge in [-0.1, -0.05) is 11.3 Å². The van der Waals surface area contributed by atoms with Crippen molar-refractivity contribution in [3.8, 4) is 10.7 Å². The molecule has 2 rings (SSSR count). The lowest BCUT2D eigenvalue weighted by Gasteiger charge is -1.89. The van der Waals surface area contributed by atoms with Crippen LogP contribution in [-0.2, 0) is 0 Å². The summed E-state index contributed by atoms with van der Waals surface area (Å²) in [5.74, 6) is 0. The van der Waals surface area contributed by atoms with Crippen LogP contribution < -0.4 is 5.56 Å². The van der Waals surface area contributed by atoms with Gasteiger partial charge in [0.05, 0.1) is 0 Å². The molecular formula is C6H3BrN4OS. The molecule has 2 aromatic heterocycles. The van der Waals surface area contributed by atoms with E-state index in [0.717, 1.165) is 0 Å². The van der Waals surface area contributed by atoms with E-state index >= 15 is 0 Å². The van der Waals surface area contributed by atoms with E-state index in [-0.39, 0.29) is 5.56 Å². The highest BCUT2D eigenvalue weighted by Crippen LogP contribution is 2.23. The molecule has 0 amide bonds. The second-order valence-corrected chi connectivity index (χ2v) is 4.42. The molecule has 13 heavy (non-hydrogen) atoms. The topological polar surface area (TPSA) is 71.5 Å². The summed E-state index contributed by atoms with van der Waals surface area (Å²) in [5.41, 5.74) is 0.384.